The fraction of sp³-hybridized carbons (Fsp3) is 0. The Morgan fingerprint density at radius 3 is 0.678 bits per heavy atom. The van der Waals surface area contributed by atoms with Crippen LogP contribution >= 0.6 is 0 Å². The second kappa shape index (κ2) is 20.5. The van der Waals surface area contributed by atoms with Crippen molar-refractivity contribution in [2.24, 2.45) is 0 Å². The molecule has 0 atom stereocenters. The summed E-state index contributed by atoms with van der Waals surface area (Å²) in [6, 6.07) is 120. The van der Waals surface area contributed by atoms with E-state index in [1.54, 1.807) is 0 Å². The molecule has 0 radical (unpaired) electrons. The van der Waals surface area contributed by atoms with Gasteiger partial charge in [0.15, 0.2) is 0 Å². The molecule has 0 saturated heterocycles. The van der Waals surface area contributed by atoms with E-state index in [0.717, 1.165) is 166 Å². The normalized spacial score (nSPS) is 11.8. The van der Waals surface area contributed by atoms with Gasteiger partial charge >= 0.3 is 0 Å². The van der Waals surface area contributed by atoms with Crippen LogP contribution in [0.4, 0.5) is 0 Å². The molecule has 0 aliphatic rings. The van der Waals surface area contributed by atoms with E-state index in [4.69, 9.17) is 0 Å². The Kier molecular flexibility index (Phi) is 11.6. The molecular formula is C85H53N5. The fourth-order valence-corrected chi connectivity index (χ4v) is 14.6. The number of hydrogen-bond acceptors (Lipinski definition) is 1. The van der Waals surface area contributed by atoms with Crippen LogP contribution in [0, 0.1) is 11.3 Å². The summed E-state index contributed by atoms with van der Waals surface area (Å²) in [5, 5.41) is 22.2. The van der Waals surface area contributed by atoms with Crippen molar-refractivity contribution in [3.8, 4) is 84.5 Å². The minimum atomic E-state index is 0.506. The molecule has 18 rings (SSSR count). The first-order chi connectivity index (χ1) is 44.7. The predicted octanol–water partition coefficient (Wildman–Crippen LogP) is 22.3. The van der Waals surface area contributed by atoms with Crippen LogP contribution in [-0.4, -0.2) is 18.3 Å². The van der Waals surface area contributed by atoms with Crippen molar-refractivity contribution in [2.75, 3.05) is 0 Å². The van der Waals surface area contributed by atoms with Crippen LogP contribution in [0.15, 0.2) is 322 Å². The van der Waals surface area contributed by atoms with Crippen molar-refractivity contribution in [3.63, 3.8) is 0 Å². The van der Waals surface area contributed by atoms with E-state index in [1.807, 2.05) is 0 Å². The lowest BCUT2D eigenvalue weighted by atomic mass is 9.93. The van der Waals surface area contributed by atoms with Gasteiger partial charge in [-0.3, -0.25) is 0 Å². The minimum absolute atomic E-state index is 0.506. The van der Waals surface area contributed by atoms with Crippen molar-refractivity contribution in [1.29, 1.82) is 5.26 Å². The van der Waals surface area contributed by atoms with E-state index in [2.05, 4.69) is 346 Å². The summed E-state index contributed by atoms with van der Waals surface area (Å²) >= 11 is 0. The van der Waals surface area contributed by atoms with Crippen molar-refractivity contribution < 1.29 is 0 Å². The van der Waals surface area contributed by atoms with E-state index in [0.29, 0.717) is 5.56 Å². The molecule has 5 heteroatoms. The summed E-state index contributed by atoms with van der Waals surface area (Å²) in [4.78, 5) is 0. The Bertz CT molecular complexity index is 5300. The third-order valence-electron chi connectivity index (χ3n) is 18.6. The van der Waals surface area contributed by atoms with Gasteiger partial charge in [0.25, 0.3) is 0 Å². The summed E-state index contributed by atoms with van der Waals surface area (Å²) in [7, 11) is 0. The summed E-state index contributed by atoms with van der Waals surface area (Å²) in [5.41, 5.74) is 22.4. The van der Waals surface area contributed by atoms with Crippen LogP contribution in [0.1, 0.15) is 5.56 Å². The zero-order valence-electron chi connectivity index (χ0n) is 48.8. The number of benzene rings is 14. The number of aromatic nitrogens is 4. The maximum Gasteiger partial charge on any atom is 0.104 e. The van der Waals surface area contributed by atoms with Gasteiger partial charge in [-0.25, -0.2) is 0 Å². The van der Waals surface area contributed by atoms with Crippen LogP contribution in [0.2, 0.25) is 0 Å². The van der Waals surface area contributed by atoms with Crippen LogP contribution in [0.5, 0.6) is 0 Å². The summed E-state index contributed by atoms with van der Waals surface area (Å²) in [5.74, 6) is 0. The summed E-state index contributed by atoms with van der Waals surface area (Å²) < 4.78 is 9.89. The van der Waals surface area contributed by atoms with E-state index >= 15 is 0 Å². The average Bonchev–Trinajstić information content (AvgIpc) is 1.44. The third-order valence-corrected chi connectivity index (χ3v) is 18.6. The second-order valence-corrected chi connectivity index (χ2v) is 23.4. The molecule has 0 N–H and O–H groups in total. The zero-order chi connectivity index (χ0) is 59.4. The Hall–Kier alpha value is -12.2. The summed E-state index contributed by atoms with van der Waals surface area (Å²) in [6.07, 6.45) is 0. The molecule has 0 bridgehead atoms. The number of fused-ring (bicyclic) bond motifs is 12. The Morgan fingerprint density at radius 1 is 0.189 bits per heavy atom. The molecule has 0 unspecified atom stereocenters. The van der Waals surface area contributed by atoms with Gasteiger partial charge in [0.05, 0.1) is 66.9 Å². The van der Waals surface area contributed by atoms with Gasteiger partial charge < -0.3 is 18.3 Å². The first-order valence-corrected chi connectivity index (χ1v) is 30.7. The van der Waals surface area contributed by atoms with Gasteiger partial charge in [-0.1, -0.05) is 273 Å². The number of para-hydroxylation sites is 4. The molecule has 418 valence electrons. The van der Waals surface area contributed by atoms with Crippen LogP contribution < -0.4 is 0 Å². The van der Waals surface area contributed by atoms with E-state index in [9.17, 15) is 5.26 Å². The van der Waals surface area contributed by atoms with E-state index < -0.39 is 0 Å². The van der Waals surface area contributed by atoms with E-state index in [-0.39, 0.29) is 0 Å². The molecule has 0 aliphatic carbocycles. The van der Waals surface area contributed by atoms with Crippen LogP contribution in [-0.2, 0) is 0 Å². The van der Waals surface area contributed by atoms with Crippen molar-refractivity contribution in [1.82, 2.24) is 18.3 Å². The first-order valence-electron chi connectivity index (χ1n) is 30.7. The van der Waals surface area contributed by atoms with Gasteiger partial charge in [-0.15, -0.1) is 0 Å². The van der Waals surface area contributed by atoms with Crippen LogP contribution in [0.3, 0.4) is 0 Å². The number of nitrogens with zero attached hydrogens (tertiary/aromatic N) is 5. The van der Waals surface area contributed by atoms with Gasteiger partial charge in [0.1, 0.15) is 11.6 Å². The maximum absolute atomic E-state index is 13.5. The molecule has 0 saturated carbocycles. The first kappa shape index (κ1) is 51.0. The lowest BCUT2D eigenvalue weighted by Gasteiger charge is -2.29. The molecule has 5 nitrogen and oxygen atoms in total. The van der Waals surface area contributed by atoms with Gasteiger partial charge in [-0.05, 0) is 98.6 Å². The van der Waals surface area contributed by atoms with Gasteiger partial charge in [-0.2, -0.15) is 5.26 Å². The molecule has 90 heavy (non-hydrogen) atoms. The monoisotopic (exact) mass is 1140 g/mol. The Morgan fingerprint density at radius 2 is 0.411 bits per heavy atom. The molecular weight excluding hydrogens is 1090 g/mol. The van der Waals surface area contributed by atoms with E-state index in [1.165, 1.54) is 0 Å². The molecule has 0 amide bonds. The lowest BCUT2D eigenvalue weighted by molar-refractivity contribution is 1.04. The maximum atomic E-state index is 13.5. The molecule has 4 aromatic heterocycles. The highest BCUT2D eigenvalue weighted by atomic mass is 15.1. The predicted molar refractivity (Wildman–Crippen MR) is 376 cm³/mol. The SMILES string of the molecule is N#Cc1c(-n2c3cc(-c4ccccc4)ccc3c3ccc(-c4ccccc4)cc32)c(-n2c3ccccc3c3ccccc32)c(-c2ccccc2)c(-n2c3ccccc3c3ccccc32)c1-n1c2cc(-c3ccccc3)ccc2c2ccc(-c3ccccc3)cc21. The highest BCUT2D eigenvalue weighted by molar-refractivity contribution is 6.18. The molecule has 0 fully saturated rings. The minimum Gasteiger partial charge on any atom is -0.306 e. The largest absolute Gasteiger partial charge is 0.306 e. The molecule has 4 heterocycles. The molecule has 0 aliphatic heterocycles. The number of nitriles is 1. The van der Waals surface area contributed by atoms with Gasteiger partial charge in [0, 0.05) is 48.7 Å². The van der Waals surface area contributed by atoms with Crippen molar-refractivity contribution >= 4 is 87.2 Å². The van der Waals surface area contributed by atoms with Gasteiger partial charge in [0.2, 0.25) is 0 Å². The summed E-state index contributed by atoms with van der Waals surface area (Å²) in [6.45, 7) is 0. The fourth-order valence-electron chi connectivity index (χ4n) is 14.6. The molecule has 18 aromatic rings. The topological polar surface area (TPSA) is 43.5 Å². The Labute approximate surface area is 519 Å². The Balaban J connectivity index is 1.16. The highest BCUT2D eigenvalue weighted by Crippen LogP contribution is 2.53. The number of hydrogen-bond donors (Lipinski definition) is 0. The molecule has 0 spiro atoms. The van der Waals surface area contributed by atoms with Crippen molar-refractivity contribution in [3.05, 3.63) is 327 Å². The average molecular weight is 1140 g/mol. The zero-order valence-corrected chi connectivity index (χ0v) is 48.8. The lowest BCUT2D eigenvalue weighted by Crippen LogP contribution is -2.16. The quantitative estimate of drug-likeness (QED) is 0.142. The number of rotatable bonds is 9. The van der Waals surface area contributed by atoms with Crippen LogP contribution in [0.25, 0.3) is 166 Å². The third kappa shape index (κ3) is 7.75. The highest BCUT2D eigenvalue weighted by Gasteiger charge is 2.35. The standard InChI is InChI=1S/C85H53N5/c86-54-72-82(89-77-50-60(55-24-6-1-7-25-55)42-46-68(77)69-47-43-61(51-78(69)89)56-26-8-2-9-27-56)84(87-73-38-20-16-34-64(73)65-35-17-21-39-74(65)87)81(59-32-14-5-15-33-59)85(88-75-40-22-18-36-66(75)67-37-19-23-41-76(67)88)83(72)90-79-52-62(57-28-10-3-11-29-57)44-48-70(79)71-49-45-63(53-80(71)90)58-30-12-4-13-31-58/h1-53H. The van der Waals surface area contributed by atoms with Crippen molar-refractivity contribution in [2.45, 2.75) is 0 Å². The molecule has 14 aromatic carbocycles. The second-order valence-electron chi connectivity index (χ2n) is 23.4. The smallest absolute Gasteiger partial charge is 0.104 e.